The summed E-state index contributed by atoms with van der Waals surface area (Å²) in [4.78, 5) is 21.0. The van der Waals surface area contributed by atoms with Gasteiger partial charge in [-0.05, 0) is 17.7 Å². The van der Waals surface area contributed by atoms with Crippen LogP contribution in [0.2, 0.25) is 0 Å². The first kappa shape index (κ1) is 15.1. The lowest BCUT2D eigenvalue weighted by Gasteiger charge is -2.01. The first-order chi connectivity index (χ1) is 12.2. The second-order valence-electron chi connectivity index (χ2n) is 5.53. The fourth-order valence-electron chi connectivity index (χ4n) is 2.50. The van der Waals surface area contributed by atoms with Crippen molar-refractivity contribution >= 4 is 11.7 Å². The Bertz CT molecular complexity index is 1070. The van der Waals surface area contributed by atoms with Crippen LogP contribution >= 0.6 is 0 Å². The lowest BCUT2D eigenvalue weighted by molar-refractivity contribution is 0.627. The summed E-state index contributed by atoms with van der Waals surface area (Å²) >= 11 is 0. The average molecular weight is 335 g/mol. The first-order valence-electron chi connectivity index (χ1n) is 7.72. The molecule has 4 aromatic rings. The quantitative estimate of drug-likeness (QED) is 0.601. The third kappa shape index (κ3) is 3.12. The van der Waals surface area contributed by atoms with Crippen LogP contribution in [0.5, 0.6) is 0 Å². The van der Waals surface area contributed by atoms with Crippen molar-refractivity contribution in [3.63, 3.8) is 0 Å². The molecule has 7 heteroatoms. The molecule has 124 valence electrons. The minimum absolute atomic E-state index is 0.244. The zero-order valence-corrected chi connectivity index (χ0v) is 13.1. The van der Waals surface area contributed by atoms with Gasteiger partial charge in [0.2, 0.25) is 5.95 Å². The summed E-state index contributed by atoms with van der Waals surface area (Å²) in [7, 11) is 0. The zero-order chi connectivity index (χ0) is 17.2. The molecule has 0 bridgehead atoms. The second kappa shape index (κ2) is 6.20. The normalized spacial score (nSPS) is 10.9. The maximum Gasteiger partial charge on any atom is 0.274 e. The molecule has 2 N–H and O–H groups in total. The molecule has 2 aromatic heterocycles. The van der Waals surface area contributed by atoms with Crippen molar-refractivity contribution in [3.8, 4) is 11.3 Å². The standard InChI is InChI=1S/C18H14FN5O/c19-14-8-6-12(7-9-14)11-20-17-22-18-21-15(10-16(25)24(18)23-17)13-4-2-1-3-5-13/h1-10H,11H2,(H2,20,21,22,23). The molecular formula is C18H14FN5O. The van der Waals surface area contributed by atoms with Gasteiger partial charge >= 0.3 is 0 Å². The van der Waals surface area contributed by atoms with Crippen molar-refractivity contribution in [1.82, 2.24) is 19.6 Å². The lowest BCUT2D eigenvalue weighted by Crippen LogP contribution is -2.14. The lowest BCUT2D eigenvalue weighted by atomic mass is 10.1. The van der Waals surface area contributed by atoms with Gasteiger partial charge in [0.05, 0.1) is 5.69 Å². The van der Waals surface area contributed by atoms with E-state index in [9.17, 15) is 9.18 Å². The summed E-state index contributed by atoms with van der Waals surface area (Å²) in [5.41, 5.74) is 2.08. The average Bonchev–Trinajstić information content (AvgIpc) is 3.06. The highest BCUT2D eigenvalue weighted by molar-refractivity contribution is 5.60. The number of anilines is 1. The van der Waals surface area contributed by atoms with Gasteiger partial charge in [0.25, 0.3) is 11.3 Å². The molecule has 2 aromatic carbocycles. The van der Waals surface area contributed by atoms with Crippen molar-refractivity contribution in [3.05, 3.63) is 82.4 Å². The summed E-state index contributed by atoms with van der Waals surface area (Å²) in [5, 5.41) is 5.94. The van der Waals surface area contributed by atoms with Crippen LogP contribution in [0, 0.1) is 5.82 Å². The third-order valence-corrected chi connectivity index (χ3v) is 3.77. The minimum Gasteiger partial charge on any atom is -0.351 e. The van der Waals surface area contributed by atoms with E-state index in [4.69, 9.17) is 0 Å². The predicted octanol–water partition coefficient (Wildman–Crippen LogP) is 2.84. The number of hydrogen-bond acceptors (Lipinski definition) is 4. The molecule has 0 saturated carbocycles. The van der Waals surface area contributed by atoms with E-state index >= 15 is 0 Å². The van der Waals surface area contributed by atoms with Gasteiger partial charge in [-0.2, -0.15) is 9.50 Å². The first-order valence-corrected chi connectivity index (χ1v) is 7.72. The van der Waals surface area contributed by atoms with Crippen LogP contribution in [0.1, 0.15) is 5.56 Å². The van der Waals surface area contributed by atoms with Crippen LogP contribution in [-0.2, 0) is 6.54 Å². The van der Waals surface area contributed by atoms with Crippen LogP contribution in [0.15, 0.2) is 65.5 Å². The third-order valence-electron chi connectivity index (χ3n) is 3.77. The largest absolute Gasteiger partial charge is 0.351 e. The Hall–Kier alpha value is -3.48. The van der Waals surface area contributed by atoms with Crippen LogP contribution < -0.4 is 10.9 Å². The summed E-state index contributed by atoms with van der Waals surface area (Å²) in [6.07, 6.45) is 0. The van der Waals surface area contributed by atoms with Gasteiger partial charge in [-0.25, -0.2) is 9.37 Å². The Morgan fingerprint density at radius 1 is 1.04 bits per heavy atom. The van der Waals surface area contributed by atoms with Gasteiger partial charge in [-0.3, -0.25) is 9.89 Å². The van der Waals surface area contributed by atoms with E-state index in [2.05, 4.69) is 20.4 Å². The van der Waals surface area contributed by atoms with Crippen LogP contribution in [-0.4, -0.2) is 19.6 Å². The monoisotopic (exact) mass is 335 g/mol. The highest BCUT2D eigenvalue weighted by atomic mass is 19.1. The van der Waals surface area contributed by atoms with E-state index in [0.29, 0.717) is 18.2 Å². The zero-order valence-electron chi connectivity index (χ0n) is 13.1. The minimum atomic E-state index is -0.281. The summed E-state index contributed by atoms with van der Waals surface area (Å²) in [5.74, 6) is 0.420. The number of hydrogen-bond donors (Lipinski definition) is 2. The summed E-state index contributed by atoms with van der Waals surface area (Å²) in [6.45, 7) is 0.445. The molecule has 0 atom stereocenters. The number of rotatable bonds is 4. The Balaban J connectivity index is 1.62. The topological polar surface area (TPSA) is 75.1 Å². The molecule has 2 heterocycles. The second-order valence-corrected chi connectivity index (χ2v) is 5.53. The predicted molar refractivity (Wildman–Crippen MR) is 92.8 cm³/mol. The molecule has 0 aliphatic rings. The van der Waals surface area contributed by atoms with E-state index in [1.807, 2.05) is 30.3 Å². The number of nitrogens with one attached hydrogen (secondary N) is 2. The van der Waals surface area contributed by atoms with Crippen LogP contribution in [0.3, 0.4) is 0 Å². The van der Waals surface area contributed by atoms with Gasteiger partial charge in [0.15, 0.2) is 0 Å². The SMILES string of the molecule is O=c1cc(-c2ccccc2)nc2nc(NCc3ccc(F)cc3)[nH]n12. The van der Waals surface area contributed by atoms with Crippen molar-refractivity contribution in [2.45, 2.75) is 6.54 Å². The van der Waals surface area contributed by atoms with E-state index < -0.39 is 0 Å². The Morgan fingerprint density at radius 3 is 2.56 bits per heavy atom. The Labute approximate surface area is 142 Å². The smallest absolute Gasteiger partial charge is 0.274 e. The molecule has 4 rings (SSSR count). The van der Waals surface area contributed by atoms with E-state index in [0.717, 1.165) is 11.1 Å². The molecule has 0 amide bonds. The molecule has 0 fully saturated rings. The van der Waals surface area contributed by atoms with E-state index in [1.54, 1.807) is 12.1 Å². The van der Waals surface area contributed by atoms with Crippen LogP contribution in [0.4, 0.5) is 10.3 Å². The molecule has 0 unspecified atom stereocenters. The van der Waals surface area contributed by atoms with Crippen LogP contribution in [0.25, 0.3) is 17.0 Å². The van der Waals surface area contributed by atoms with Gasteiger partial charge in [-0.15, -0.1) is 0 Å². The molecular weight excluding hydrogens is 321 g/mol. The molecule has 6 nitrogen and oxygen atoms in total. The maximum atomic E-state index is 12.9. The molecule has 0 saturated heterocycles. The number of fused-ring (bicyclic) bond motifs is 1. The van der Waals surface area contributed by atoms with Crippen molar-refractivity contribution in [2.24, 2.45) is 0 Å². The number of aromatic amines is 1. The van der Waals surface area contributed by atoms with Gasteiger partial charge in [0.1, 0.15) is 5.82 Å². The summed E-state index contributed by atoms with van der Waals surface area (Å²) < 4.78 is 14.2. The molecule has 0 aliphatic heterocycles. The fraction of sp³-hybridized carbons (Fsp3) is 0.0556. The van der Waals surface area contributed by atoms with E-state index in [1.165, 1.54) is 22.7 Å². The number of aromatic nitrogens is 4. The number of H-pyrrole nitrogens is 1. The van der Waals surface area contributed by atoms with Gasteiger partial charge in [0, 0.05) is 18.2 Å². The molecule has 0 radical (unpaired) electrons. The Kier molecular flexibility index (Phi) is 3.74. The summed E-state index contributed by atoms with van der Waals surface area (Å²) in [6, 6.07) is 17.1. The van der Waals surface area contributed by atoms with Gasteiger partial charge < -0.3 is 5.32 Å². The van der Waals surface area contributed by atoms with Crippen molar-refractivity contribution in [1.29, 1.82) is 0 Å². The number of benzene rings is 2. The van der Waals surface area contributed by atoms with Gasteiger partial charge in [-0.1, -0.05) is 42.5 Å². The molecule has 0 spiro atoms. The highest BCUT2D eigenvalue weighted by Gasteiger charge is 2.09. The fourth-order valence-corrected chi connectivity index (χ4v) is 2.50. The number of nitrogens with zero attached hydrogens (tertiary/aromatic N) is 3. The van der Waals surface area contributed by atoms with Crippen molar-refractivity contribution in [2.75, 3.05) is 5.32 Å². The maximum absolute atomic E-state index is 12.9. The highest BCUT2D eigenvalue weighted by Crippen LogP contribution is 2.15. The van der Waals surface area contributed by atoms with Crippen molar-refractivity contribution < 1.29 is 4.39 Å². The number of halogens is 1. The molecule has 25 heavy (non-hydrogen) atoms. The molecule has 0 aliphatic carbocycles. The Morgan fingerprint density at radius 2 is 1.80 bits per heavy atom. The van der Waals surface area contributed by atoms with E-state index in [-0.39, 0.29) is 17.2 Å².